The van der Waals surface area contributed by atoms with Gasteiger partial charge in [0, 0.05) is 44.7 Å². The fourth-order valence-corrected chi connectivity index (χ4v) is 3.17. The number of likely N-dealkylation sites (N-methyl/N-ethyl adjacent to an activating group) is 1. The Balaban J connectivity index is 1.89. The zero-order chi connectivity index (χ0) is 13.9. The van der Waals surface area contributed by atoms with Crippen LogP contribution in [0.4, 0.5) is 0 Å². The summed E-state index contributed by atoms with van der Waals surface area (Å²) in [6.07, 6.45) is 0.935. The van der Waals surface area contributed by atoms with Crippen molar-refractivity contribution in [1.82, 2.24) is 15.5 Å². The van der Waals surface area contributed by atoms with Gasteiger partial charge in [-0.25, -0.2) is 0 Å². The molecule has 0 aliphatic carbocycles. The Morgan fingerprint density at radius 3 is 3.15 bits per heavy atom. The zero-order valence-electron chi connectivity index (χ0n) is 11.8. The van der Waals surface area contributed by atoms with Crippen molar-refractivity contribution >= 4 is 5.91 Å². The number of nitrogens with zero attached hydrogens (tertiary/aromatic N) is 1. The average molecular weight is 275 g/mol. The maximum atomic E-state index is 12.1. The van der Waals surface area contributed by atoms with Crippen molar-refractivity contribution < 1.29 is 9.53 Å². The molecule has 1 aromatic carbocycles. The van der Waals surface area contributed by atoms with Crippen LogP contribution < -0.4 is 15.4 Å². The zero-order valence-corrected chi connectivity index (χ0v) is 11.8. The number of ether oxygens (including phenoxy) is 1. The lowest BCUT2D eigenvalue weighted by Crippen LogP contribution is -2.58. The van der Waals surface area contributed by atoms with Gasteiger partial charge in [0.25, 0.3) is 0 Å². The molecule has 0 radical (unpaired) electrons. The van der Waals surface area contributed by atoms with Gasteiger partial charge < -0.3 is 15.4 Å². The van der Waals surface area contributed by atoms with Gasteiger partial charge in [0.15, 0.2) is 0 Å². The molecule has 0 aromatic heterocycles. The van der Waals surface area contributed by atoms with Gasteiger partial charge in [-0.15, -0.1) is 0 Å². The van der Waals surface area contributed by atoms with Crippen LogP contribution in [0, 0.1) is 0 Å². The van der Waals surface area contributed by atoms with Crippen molar-refractivity contribution in [2.45, 2.75) is 18.5 Å². The molecule has 0 spiro atoms. The number of rotatable bonds is 2. The number of nitrogens with one attached hydrogen (secondary N) is 2. The molecule has 2 unspecified atom stereocenters. The van der Waals surface area contributed by atoms with E-state index in [1.54, 1.807) is 7.05 Å². The summed E-state index contributed by atoms with van der Waals surface area (Å²) in [5.41, 5.74) is 1.20. The van der Waals surface area contributed by atoms with Crippen molar-refractivity contribution in [2.24, 2.45) is 0 Å². The smallest absolute Gasteiger partial charge is 0.238 e. The predicted octanol–water partition coefficient (Wildman–Crippen LogP) is 0.530. The van der Waals surface area contributed by atoms with Crippen molar-refractivity contribution in [3.63, 3.8) is 0 Å². The van der Waals surface area contributed by atoms with Crippen LogP contribution in [0.3, 0.4) is 0 Å². The van der Waals surface area contributed by atoms with E-state index in [9.17, 15) is 4.79 Å². The molecule has 1 amide bonds. The van der Waals surface area contributed by atoms with E-state index in [0.717, 1.165) is 25.3 Å². The van der Waals surface area contributed by atoms with Gasteiger partial charge in [-0.3, -0.25) is 9.69 Å². The van der Waals surface area contributed by atoms with Gasteiger partial charge in [0.2, 0.25) is 5.91 Å². The number of para-hydroxylation sites is 1. The molecule has 5 heteroatoms. The van der Waals surface area contributed by atoms with Gasteiger partial charge in [-0.2, -0.15) is 0 Å². The summed E-state index contributed by atoms with van der Waals surface area (Å²) in [4.78, 5) is 14.4. The maximum Gasteiger partial charge on any atom is 0.238 e. The first kappa shape index (κ1) is 13.4. The first-order valence-electron chi connectivity index (χ1n) is 7.21. The predicted molar refractivity (Wildman–Crippen MR) is 76.7 cm³/mol. The van der Waals surface area contributed by atoms with Crippen molar-refractivity contribution in [3.8, 4) is 5.75 Å². The van der Waals surface area contributed by atoms with E-state index in [2.05, 4.69) is 21.6 Å². The third kappa shape index (κ3) is 2.39. The van der Waals surface area contributed by atoms with Crippen molar-refractivity contribution in [3.05, 3.63) is 29.8 Å². The fraction of sp³-hybridized carbons (Fsp3) is 0.533. The normalized spacial score (nSPS) is 26.4. The lowest BCUT2D eigenvalue weighted by Gasteiger charge is -2.42. The molecule has 108 valence electrons. The molecule has 2 aliphatic rings. The minimum absolute atomic E-state index is 0.0844. The van der Waals surface area contributed by atoms with Crippen LogP contribution in [0.5, 0.6) is 5.75 Å². The second kappa shape index (κ2) is 5.81. The number of carbonyl (C=O) groups is 1. The van der Waals surface area contributed by atoms with E-state index in [0.29, 0.717) is 13.2 Å². The van der Waals surface area contributed by atoms with E-state index in [4.69, 9.17) is 4.74 Å². The van der Waals surface area contributed by atoms with Gasteiger partial charge in [0.1, 0.15) is 11.8 Å². The van der Waals surface area contributed by atoms with Gasteiger partial charge >= 0.3 is 0 Å². The lowest BCUT2D eigenvalue weighted by molar-refractivity contribution is -0.128. The molecule has 0 saturated carbocycles. The second-order valence-electron chi connectivity index (χ2n) is 5.26. The largest absolute Gasteiger partial charge is 0.493 e. The minimum atomic E-state index is -0.107. The Bertz CT molecular complexity index is 492. The number of hydrogen-bond donors (Lipinski definition) is 2. The van der Waals surface area contributed by atoms with Crippen LogP contribution in [-0.2, 0) is 4.79 Å². The monoisotopic (exact) mass is 275 g/mol. The molecular weight excluding hydrogens is 254 g/mol. The Morgan fingerprint density at radius 1 is 1.45 bits per heavy atom. The molecule has 1 aromatic rings. The summed E-state index contributed by atoms with van der Waals surface area (Å²) in [5, 5.41) is 6.09. The summed E-state index contributed by atoms with van der Waals surface area (Å²) in [7, 11) is 1.70. The summed E-state index contributed by atoms with van der Waals surface area (Å²) >= 11 is 0. The third-order valence-corrected chi connectivity index (χ3v) is 4.16. The van der Waals surface area contributed by atoms with Gasteiger partial charge in [-0.05, 0) is 6.07 Å². The Kier molecular flexibility index (Phi) is 3.89. The first-order valence-corrected chi connectivity index (χ1v) is 7.21. The van der Waals surface area contributed by atoms with E-state index < -0.39 is 0 Å². The lowest BCUT2D eigenvalue weighted by atomic mass is 9.96. The highest BCUT2D eigenvalue weighted by Crippen LogP contribution is 2.36. The van der Waals surface area contributed by atoms with E-state index >= 15 is 0 Å². The Morgan fingerprint density at radius 2 is 2.30 bits per heavy atom. The fourth-order valence-electron chi connectivity index (χ4n) is 3.17. The molecule has 2 N–H and O–H groups in total. The number of amides is 1. The summed E-state index contributed by atoms with van der Waals surface area (Å²) in [6.45, 7) is 3.23. The van der Waals surface area contributed by atoms with E-state index in [-0.39, 0.29) is 18.0 Å². The van der Waals surface area contributed by atoms with Crippen molar-refractivity contribution in [2.75, 3.05) is 33.3 Å². The minimum Gasteiger partial charge on any atom is -0.493 e. The van der Waals surface area contributed by atoms with Gasteiger partial charge in [0.05, 0.1) is 6.61 Å². The summed E-state index contributed by atoms with van der Waals surface area (Å²) in [5.74, 6) is 1.04. The van der Waals surface area contributed by atoms with Crippen LogP contribution >= 0.6 is 0 Å². The molecule has 2 atom stereocenters. The van der Waals surface area contributed by atoms with Crippen LogP contribution in [-0.4, -0.2) is 50.1 Å². The Labute approximate surface area is 119 Å². The average Bonchev–Trinajstić information content (AvgIpc) is 2.53. The van der Waals surface area contributed by atoms with Crippen LogP contribution in [0.15, 0.2) is 24.3 Å². The quantitative estimate of drug-likeness (QED) is 0.827. The highest BCUT2D eigenvalue weighted by Gasteiger charge is 2.36. The van der Waals surface area contributed by atoms with E-state index in [1.165, 1.54) is 5.56 Å². The molecule has 0 bridgehead atoms. The summed E-state index contributed by atoms with van der Waals surface area (Å²) < 4.78 is 5.72. The maximum absolute atomic E-state index is 12.1. The number of carbonyl (C=O) groups excluding carboxylic acids is 1. The molecule has 3 rings (SSSR count). The number of fused-ring (bicyclic) bond motifs is 1. The molecule has 20 heavy (non-hydrogen) atoms. The molecule has 1 fully saturated rings. The molecule has 2 heterocycles. The van der Waals surface area contributed by atoms with Crippen LogP contribution in [0.25, 0.3) is 0 Å². The van der Waals surface area contributed by atoms with E-state index in [1.807, 2.05) is 18.2 Å². The second-order valence-corrected chi connectivity index (χ2v) is 5.26. The number of benzene rings is 1. The van der Waals surface area contributed by atoms with Gasteiger partial charge in [-0.1, -0.05) is 18.2 Å². The standard InChI is InChI=1S/C15H21N3O2/c1-16-15(19)13-10-17-7-8-18(13)12-6-9-20-14-5-3-2-4-11(12)14/h2-5,12-13,17H,6-10H2,1H3,(H,16,19). The van der Waals surface area contributed by atoms with Crippen LogP contribution in [0.2, 0.25) is 0 Å². The van der Waals surface area contributed by atoms with Crippen molar-refractivity contribution in [1.29, 1.82) is 0 Å². The first-order chi connectivity index (χ1) is 9.81. The molecule has 2 aliphatic heterocycles. The number of hydrogen-bond acceptors (Lipinski definition) is 4. The molecular formula is C15H21N3O2. The molecule has 1 saturated heterocycles. The topological polar surface area (TPSA) is 53.6 Å². The SMILES string of the molecule is CNC(=O)C1CNCCN1C1CCOc2ccccc21. The third-order valence-electron chi connectivity index (χ3n) is 4.16. The Hall–Kier alpha value is -1.59. The number of piperazine rings is 1. The highest BCUT2D eigenvalue weighted by molar-refractivity contribution is 5.82. The molecule has 5 nitrogen and oxygen atoms in total. The highest BCUT2D eigenvalue weighted by atomic mass is 16.5. The summed E-state index contributed by atoms with van der Waals surface area (Å²) in [6, 6.07) is 8.32. The van der Waals surface area contributed by atoms with Crippen LogP contribution in [0.1, 0.15) is 18.0 Å².